The molecule has 2 saturated carbocycles. The van der Waals surface area contributed by atoms with Gasteiger partial charge in [0.15, 0.2) is 10.9 Å². The predicted octanol–water partition coefficient (Wildman–Crippen LogP) is 19.3. The Bertz CT molecular complexity index is 1410. The van der Waals surface area contributed by atoms with Crippen molar-refractivity contribution in [3.8, 4) is 0 Å². The van der Waals surface area contributed by atoms with Gasteiger partial charge in [0, 0.05) is 24.0 Å². The number of ketones is 1. The van der Waals surface area contributed by atoms with Crippen LogP contribution >= 0.6 is 11.8 Å². The van der Waals surface area contributed by atoms with Crippen molar-refractivity contribution < 1.29 is 14.7 Å². The molecule has 1 aromatic rings. The van der Waals surface area contributed by atoms with Gasteiger partial charge in [-0.05, 0) is 108 Å². The number of thioether (sulfide) groups is 1. The highest BCUT2D eigenvalue weighted by atomic mass is 32.2. The number of benzene rings is 1. The van der Waals surface area contributed by atoms with Crippen LogP contribution in [-0.2, 0) is 16.0 Å². The molecule has 6 unspecified atom stereocenters. The Hall–Kier alpha value is -1.81. The van der Waals surface area contributed by atoms with Crippen LogP contribution in [0.4, 0.5) is 0 Å². The minimum Gasteiger partial charge on any atom is -0.513 e. The molecule has 3 nitrogen and oxygen atoms in total. The number of unbranched alkanes of at least 4 members (excludes halogenated alkanes) is 3. The van der Waals surface area contributed by atoms with Crippen molar-refractivity contribution in [3.05, 3.63) is 59.4 Å². The number of aliphatic hydroxyl groups excluding tert-OH is 1. The number of allylic oxidation sites excluding steroid dienone is 3. The van der Waals surface area contributed by atoms with E-state index in [-0.39, 0.29) is 55.0 Å². The van der Waals surface area contributed by atoms with Gasteiger partial charge in [-0.3, -0.25) is 9.59 Å². The molecule has 3 aliphatic carbocycles. The molecule has 2 fully saturated rings. The first-order chi connectivity index (χ1) is 29.3. The number of rotatable bonds is 14. The highest BCUT2D eigenvalue weighted by Crippen LogP contribution is 2.73. The first-order valence-electron chi connectivity index (χ1n) is 26.2. The smallest absolute Gasteiger partial charge is 0.189 e. The monoisotopic (exact) mass is 883 g/mol. The van der Waals surface area contributed by atoms with Crippen molar-refractivity contribution in [2.45, 2.75) is 259 Å². The molecule has 0 spiro atoms. The fraction of sp³-hybridized carbons (Fsp3) is 0.793. The molecule has 0 aromatic heterocycles. The van der Waals surface area contributed by atoms with E-state index in [0.717, 1.165) is 70.6 Å². The summed E-state index contributed by atoms with van der Waals surface area (Å²) >= 11 is 1.57. The van der Waals surface area contributed by atoms with Gasteiger partial charge in [0.05, 0.1) is 5.76 Å². The van der Waals surface area contributed by atoms with Crippen molar-refractivity contribution in [1.82, 2.24) is 0 Å². The largest absolute Gasteiger partial charge is 0.513 e. The summed E-state index contributed by atoms with van der Waals surface area (Å²) in [4.78, 5) is 27.3. The lowest BCUT2D eigenvalue weighted by Gasteiger charge is -2.65. The summed E-state index contributed by atoms with van der Waals surface area (Å²) in [7, 11) is 0. The topological polar surface area (TPSA) is 54.4 Å². The molecule has 0 amide bonds. The second-order valence-electron chi connectivity index (χ2n) is 19.6. The summed E-state index contributed by atoms with van der Waals surface area (Å²) in [6.07, 6.45) is 21.0. The highest BCUT2D eigenvalue weighted by molar-refractivity contribution is 8.14. The zero-order valence-electron chi connectivity index (χ0n) is 44.9. The molecule has 1 aromatic carbocycles. The Balaban J connectivity index is 0. The number of aryl methyl sites for hydroxylation is 1. The second-order valence-corrected chi connectivity index (χ2v) is 20.8. The molecule has 0 heterocycles. The SMILES string of the molecule is C=C(O)C(C)CC(=O)SC1CCC(C)(CCCC)[C@]2(C)CCC3(CCC)CC(=O)C(C(C)C)=C3C2(C)CCCC1(C)CC.CC.CC.CC.CCCCC.CCc1ccccc1. The summed E-state index contributed by atoms with van der Waals surface area (Å²) in [6, 6.07) is 10.5. The van der Waals surface area contributed by atoms with Crippen LogP contribution in [0.1, 0.15) is 253 Å². The van der Waals surface area contributed by atoms with Crippen LogP contribution in [0.15, 0.2) is 53.8 Å². The molecule has 7 atom stereocenters. The second kappa shape index (κ2) is 31.2. The summed E-state index contributed by atoms with van der Waals surface area (Å²) in [5.41, 5.74) is 4.45. The van der Waals surface area contributed by atoms with Crippen molar-refractivity contribution in [1.29, 1.82) is 0 Å². The summed E-state index contributed by atoms with van der Waals surface area (Å²) < 4.78 is 0. The van der Waals surface area contributed by atoms with Crippen molar-refractivity contribution in [3.63, 3.8) is 0 Å². The van der Waals surface area contributed by atoms with Gasteiger partial charge >= 0.3 is 0 Å². The number of aliphatic hydroxyl groups is 1. The zero-order chi connectivity index (χ0) is 48.4. The zero-order valence-corrected chi connectivity index (χ0v) is 45.7. The molecule has 4 heteroatoms. The maximum atomic E-state index is 13.9. The Kier molecular flexibility index (Phi) is 31.3. The van der Waals surface area contributed by atoms with E-state index in [1.807, 2.05) is 54.5 Å². The Morgan fingerprint density at radius 1 is 0.774 bits per heavy atom. The van der Waals surface area contributed by atoms with Gasteiger partial charge in [0.1, 0.15) is 0 Å². The van der Waals surface area contributed by atoms with E-state index in [1.165, 1.54) is 56.1 Å². The Morgan fingerprint density at radius 3 is 1.77 bits per heavy atom. The molecule has 4 rings (SSSR count). The summed E-state index contributed by atoms with van der Waals surface area (Å²) in [6.45, 7) is 45.8. The Morgan fingerprint density at radius 2 is 1.34 bits per heavy atom. The lowest BCUT2D eigenvalue weighted by molar-refractivity contribution is -0.119. The lowest BCUT2D eigenvalue weighted by atomic mass is 9.39. The molecule has 0 saturated heterocycles. The van der Waals surface area contributed by atoms with Crippen LogP contribution in [0.25, 0.3) is 0 Å². The molecular weight excluding hydrogens is 777 g/mol. The van der Waals surface area contributed by atoms with E-state index in [4.69, 9.17) is 0 Å². The van der Waals surface area contributed by atoms with Gasteiger partial charge in [0.25, 0.3) is 0 Å². The Labute approximate surface area is 392 Å². The molecule has 362 valence electrons. The van der Waals surface area contributed by atoms with Gasteiger partial charge in [-0.25, -0.2) is 0 Å². The fourth-order valence-corrected chi connectivity index (χ4v) is 12.6. The fourth-order valence-electron chi connectivity index (χ4n) is 11.1. The molecule has 0 aliphatic heterocycles. The highest BCUT2D eigenvalue weighted by Gasteiger charge is 2.65. The molecule has 0 bridgehead atoms. The number of carbonyl (C=O) groups excluding carboxylic acids is 2. The first-order valence-corrected chi connectivity index (χ1v) is 27.1. The maximum Gasteiger partial charge on any atom is 0.189 e. The third-order valence-electron chi connectivity index (χ3n) is 15.4. The minimum absolute atomic E-state index is 0.0178. The van der Waals surface area contributed by atoms with Crippen LogP contribution < -0.4 is 0 Å². The first kappa shape index (κ1) is 62.3. The van der Waals surface area contributed by atoms with Gasteiger partial charge < -0.3 is 5.11 Å². The quantitative estimate of drug-likeness (QED) is 0.189. The van der Waals surface area contributed by atoms with E-state index in [1.54, 1.807) is 17.3 Å². The standard InChI is InChI=1S/C39H66O3S.C8H10.C5H12.3C2H6/c1-12-15-20-36(9)22-17-31(43-32(42)25-28(6)29(7)40)35(8,14-3)19-16-21-37(10)34-33(27(4)5)30(41)26-39(34,18-13-2)24-23-38(36,37)11;1-2-8-6-4-3-5-7-8;1-3-5-4-2;3*1-2/h27-28,31,40H,7,12-26H2,1-6,8-11H3;3-7H,2H2,1H3;3-5H2,1-2H3;3*1-2H3/t28?,31?,35?,36?,37?,38-,39?;;;;;/m0...../s1. The average molecular weight is 884 g/mol. The number of hydrogen-bond donors (Lipinski definition) is 1. The summed E-state index contributed by atoms with van der Waals surface area (Å²) in [5.74, 6) is 0.603. The molecule has 0 radical (unpaired) electrons. The third-order valence-corrected chi connectivity index (χ3v) is 17.0. The van der Waals surface area contributed by atoms with Crippen molar-refractivity contribution in [2.75, 3.05) is 0 Å². The van der Waals surface area contributed by atoms with Crippen LogP contribution in [0.3, 0.4) is 0 Å². The van der Waals surface area contributed by atoms with Gasteiger partial charge in [-0.15, -0.1) is 0 Å². The van der Waals surface area contributed by atoms with Gasteiger partial charge in [0.2, 0.25) is 0 Å². The van der Waals surface area contributed by atoms with E-state index < -0.39 is 0 Å². The number of Topliss-reactive ketones (excluding diaryl/α,β-unsaturated/α-hetero) is 1. The summed E-state index contributed by atoms with van der Waals surface area (Å²) in [5, 5.41) is 10.3. The number of carbonyl (C=O) groups is 2. The predicted molar refractivity (Wildman–Crippen MR) is 280 cm³/mol. The minimum atomic E-state index is -0.204. The molecule has 1 N–H and O–H groups in total. The normalized spacial score (nSPS) is 28.3. The number of hydrogen-bond acceptors (Lipinski definition) is 4. The maximum absolute atomic E-state index is 13.9. The number of fused-ring (bicyclic) bond motifs is 3. The van der Waals surface area contributed by atoms with Crippen molar-refractivity contribution >= 4 is 22.7 Å². The van der Waals surface area contributed by atoms with E-state index in [9.17, 15) is 14.7 Å². The van der Waals surface area contributed by atoms with Crippen LogP contribution in [0.2, 0.25) is 0 Å². The van der Waals surface area contributed by atoms with Gasteiger partial charge in [-0.1, -0.05) is 231 Å². The van der Waals surface area contributed by atoms with E-state index in [2.05, 4.69) is 114 Å². The molecule has 3 aliphatic rings. The van der Waals surface area contributed by atoms with Crippen LogP contribution in [0, 0.1) is 38.9 Å². The van der Waals surface area contributed by atoms with E-state index >= 15 is 0 Å². The van der Waals surface area contributed by atoms with Crippen LogP contribution in [-0.4, -0.2) is 21.3 Å². The third kappa shape index (κ3) is 16.3. The average Bonchev–Trinajstić information content (AvgIpc) is 3.58. The molecular formula is C58H106O3S. The van der Waals surface area contributed by atoms with E-state index in [0.29, 0.717) is 12.2 Å². The lowest BCUT2D eigenvalue weighted by Crippen LogP contribution is -2.57. The molecule has 62 heavy (non-hydrogen) atoms. The van der Waals surface area contributed by atoms with Crippen molar-refractivity contribution in [2.24, 2.45) is 38.9 Å². The van der Waals surface area contributed by atoms with Gasteiger partial charge in [-0.2, -0.15) is 0 Å². The van der Waals surface area contributed by atoms with Crippen LogP contribution in [0.5, 0.6) is 0 Å².